The number of piperidine rings is 1. The summed E-state index contributed by atoms with van der Waals surface area (Å²) < 4.78 is 25.1. The van der Waals surface area contributed by atoms with Crippen LogP contribution in [0.1, 0.15) is 31.2 Å². The number of benzene rings is 1. The van der Waals surface area contributed by atoms with Crippen molar-refractivity contribution in [1.82, 2.24) is 9.62 Å². The highest BCUT2D eigenvalue weighted by Crippen LogP contribution is 2.20. The number of nitrogens with zero attached hydrogens (tertiary/aromatic N) is 1. The van der Waals surface area contributed by atoms with E-state index in [0.29, 0.717) is 24.4 Å². The van der Waals surface area contributed by atoms with Crippen molar-refractivity contribution in [3.05, 3.63) is 34.9 Å². The average Bonchev–Trinajstić information content (AvgIpc) is 2.51. The summed E-state index contributed by atoms with van der Waals surface area (Å²) in [4.78, 5) is 14.3. The molecule has 0 spiro atoms. The van der Waals surface area contributed by atoms with Crippen LogP contribution >= 0.6 is 11.6 Å². The number of sulfonamides is 1. The molecular weight excluding hydrogens is 336 g/mol. The average molecular weight is 359 g/mol. The number of amides is 1. The van der Waals surface area contributed by atoms with Crippen LogP contribution in [0, 0.1) is 0 Å². The van der Waals surface area contributed by atoms with Gasteiger partial charge in [-0.15, -0.1) is 0 Å². The number of carbonyl (C=O) groups excluding carboxylic acids is 1. The first kappa shape index (κ1) is 18.2. The number of hydrogen-bond acceptors (Lipinski definition) is 3. The topological polar surface area (TPSA) is 66.5 Å². The molecule has 1 aromatic rings. The monoisotopic (exact) mass is 358 g/mol. The van der Waals surface area contributed by atoms with Gasteiger partial charge >= 0.3 is 0 Å². The van der Waals surface area contributed by atoms with Crippen molar-refractivity contribution >= 4 is 27.5 Å². The summed E-state index contributed by atoms with van der Waals surface area (Å²) >= 11 is 6.12. The molecule has 0 aliphatic carbocycles. The third-order valence-corrected chi connectivity index (χ3v) is 5.15. The van der Waals surface area contributed by atoms with E-state index in [-0.39, 0.29) is 18.5 Å². The molecule has 1 unspecified atom stereocenters. The number of carbonyl (C=O) groups is 1. The van der Waals surface area contributed by atoms with Crippen LogP contribution in [0.3, 0.4) is 0 Å². The zero-order valence-corrected chi connectivity index (χ0v) is 14.9. The number of halogens is 1. The van der Waals surface area contributed by atoms with Crippen molar-refractivity contribution in [2.75, 3.05) is 19.3 Å². The van der Waals surface area contributed by atoms with Gasteiger partial charge in [-0.25, -0.2) is 13.1 Å². The van der Waals surface area contributed by atoms with Crippen LogP contribution in [-0.2, 0) is 21.2 Å². The van der Waals surface area contributed by atoms with Gasteiger partial charge in [-0.3, -0.25) is 4.79 Å². The number of nitrogens with one attached hydrogen (secondary N) is 1. The van der Waals surface area contributed by atoms with Crippen molar-refractivity contribution in [1.29, 1.82) is 0 Å². The molecular formula is C16H23ClN2O3S. The molecule has 1 saturated heterocycles. The van der Waals surface area contributed by atoms with E-state index in [4.69, 9.17) is 11.6 Å². The normalized spacial score (nSPS) is 18.9. The highest BCUT2D eigenvalue weighted by atomic mass is 35.5. The van der Waals surface area contributed by atoms with E-state index < -0.39 is 10.0 Å². The van der Waals surface area contributed by atoms with E-state index in [1.165, 1.54) is 0 Å². The molecule has 0 radical (unpaired) electrons. The summed E-state index contributed by atoms with van der Waals surface area (Å²) in [6.45, 7) is 0.980. The van der Waals surface area contributed by atoms with Gasteiger partial charge in [0.05, 0.1) is 6.26 Å². The lowest BCUT2D eigenvalue weighted by Crippen LogP contribution is -2.49. The van der Waals surface area contributed by atoms with Crippen molar-refractivity contribution in [3.8, 4) is 0 Å². The lowest BCUT2D eigenvalue weighted by molar-refractivity contribution is -0.134. The summed E-state index contributed by atoms with van der Waals surface area (Å²) in [5.74, 6) is 0.0601. The van der Waals surface area contributed by atoms with Crippen LogP contribution in [0.2, 0.25) is 5.02 Å². The molecule has 1 aliphatic heterocycles. The molecule has 7 heteroatoms. The molecule has 23 heavy (non-hydrogen) atoms. The molecule has 1 fully saturated rings. The molecule has 5 nitrogen and oxygen atoms in total. The van der Waals surface area contributed by atoms with Crippen molar-refractivity contribution in [2.45, 2.75) is 38.1 Å². The minimum Gasteiger partial charge on any atom is -0.338 e. The SMILES string of the molecule is CS(=O)(=O)NCC1CCCCN1C(=O)CCc1ccccc1Cl. The molecule has 1 N–H and O–H groups in total. The minimum absolute atomic E-state index is 0.0581. The Morgan fingerprint density at radius 3 is 2.78 bits per heavy atom. The summed E-state index contributed by atoms with van der Waals surface area (Å²) in [5, 5.41) is 0.675. The number of rotatable bonds is 6. The molecule has 0 aromatic heterocycles. The maximum Gasteiger partial charge on any atom is 0.223 e. The molecule has 0 bridgehead atoms. The van der Waals surface area contributed by atoms with Crippen LogP contribution in [0.25, 0.3) is 0 Å². The fourth-order valence-electron chi connectivity index (χ4n) is 2.88. The summed E-state index contributed by atoms with van der Waals surface area (Å²) in [6.07, 6.45) is 4.94. The van der Waals surface area contributed by atoms with Gasteiger partial charge in [0, 0.05) is 30.6 Å². The largest absolute Gasteiger partial charge is 0.338 e. The Labute approximate surface area is 143 Å². The van der Waals surface area contributed by atoms with Gasteiger partial charge < -0.3 is 4.90 Å². The molecule has 1 aromatic carbocycles. The molecule has 1 aliphatic rings. The highest BCUT2D eigenvalue weighted by molar-refractivity contribution is 7.88. The second kappa shape index (κ2) is 8.13. The zero-order valence-electron chi connectivity index (χ0n) is 13.3. The molecule has 1 heterocycles. The highest BCUT2D eigenvalue weighted by Gasteiger charge is 2.26. The number of hydrogen-bond donors (Lipinski definition) is 1. The van der Waals surface area contributed by atoms with Gasteiger partial charge in [-0.05, 0) is 37.3 Å². The minimum atomic E-state index is -3.24. The van der Waals surface area contributed by atoms with Crippen LogP contribution in [0.15, 0.2) is 24.3 Å². The lowest BCUT2D eigenvalue weighted by Gasteiger charge is -2.36. The van der Waals surface area contributed by atoms with Gasteiger partial charge in [0.25, 0.3) is 0 Å². The standard InChI is InChI=1S/C16H23ClN2O3S/c1-23(21,22)18-12-14-7-4-5-11-19(14)16(20)10-9-13-6-2-3-8-15(13)17/h2-3,6,8,14,18H,4-5,7,9-12H2,1H3. The lowest BCUT2D eigenvalue weighted by atomic mass is 10.0. The summed E-state index contributed by atoms with van der Waals surface area (Å²) in [7, 11) is -3.24. The van der Waals surface area contributed by atoms with E-state index in [2.05, 4.69) is 4.72 Å². The van der Waals surface area contributed by atoms with Crippen molar-refractivity contribution < 1.29 is 13.2 Å². The number of aryl methyl sites for hydroxylation is 1. The van der Waals surface area contributed by atoms with Gasteiger partial charge in [0.2, 0.25) is 15.9 Å². The molecule has 2 rings (SSSR count). The predicted octanol–water partition coefficient (Wildman–Crippen LogP) is 2.20. The first-order valence-electron chi connectivity index (χ1n) is 7.84. The quantitative estimate of drug-likeness (QED) is 0.847. The third kappa shape index (κ3) is 5.79. The van der Waals surface area contributed by atoms with E-state index in [0.717, 1.165) is 31.1 Å². The van der Waals surface area contributed by atoms with Gasteiger partial charge in [0.1, 0.15) is 0 Å². The Kier molecular flexibility index (Phi) is 6.44. The van der Waals surface area contributed by atoms with Gasteiger partial charge in [0.15, 0.2) is 0 Å². The Morgan fingerprint density at radius 2 is 2.09 bits per heavy atom. The van der Waals surface area contributed by atoms with E-state index in [1.807, 2.05) is 29.2 Å². The van der Waals surface area contributed by atoms with Crippen LogP contribution < -0.4 is 4.72 Å². The fourth-order valence-corrected chi connectivity index (χ4v) is 3.60. The molecule has 128 valence electrons. The summed E-state index contributed by atoms with van der Waals surface area (Å²) in [6, 6.07) is 7.46. The molecule has 1 amide bonds. The van der Waals surface area contributed by atoms with Gasteiger partial charge in [-0.1, -0.05) is 29.8 Å². The first-order chi connectivity index (χ1) is 10.9. The maximum atomic E-state index is 12.5. The van der Waals surface area contributed by atoms with Crippen LogP contribution in [0.4, 0.5) is 0 Å². The second-order valence-corrected chi connectivity index (χ2v) is 8.19. The van der Waals surface area contributed by atoms with E-state index in [9.17, 15) is 13.2 Å². The second-order valence-electron chi connectivity index (χ2n) is 5.95. The maximum absolute atomic E-state index is 12.5. The molecule has 0 saturated carbocycles. The van der Waals surface area contributed by atoms with Crippen molar-refractivity contribution in [3.63, 3.8) is 0 Å². The predicted molar refractivity (Wildman–Crippen MR) is 92.0 cm³/mol. The van der Waals surface area contributed by atoms with E-state index >= 15 is 0 Å². The van der Waals surface area contributed by atoms with Crippen LogP contribution in [-0.4, -0.2) is 44.6 Å². The smallest absolute Gasteiger partial charge is 0.223 e. The Hall–Kier alpha value is -1.11. The van der Waals surface area contributed by atoms with E-state index in [1.54, 1.807) is 0 Å². The number of likely N-dealkylation sites (tertiary alicyclic amines) is 1. The van der Waals surface area contributed by atoms with Gasteiger partial charge in [-0.2, -0.15) is 0 Å². The fraction of sp³-hybridized carbons (Fsp3) is 0.562. The third-order valence-electron chi connectivity index (χ3n) is 4.09. The van der Waals surface area contributed by atoms with Crippen molar-refractivity contribution in [2.24, 2.45) is 0 Å². The zero-order chi connectivity index (χ0) is 16.9. The Bertz CT molecular complexity index is 648. The molecule has 1 atom stereocenters. The first-order valence-corrected chi connectivity index (χ1v) is 10.1. The Morgan fingerprint density at radius 1 is 1.35 bits per heavy atom. The summed E-state index contributed by atoms with van der Waals surface area (Å²) in [5.41, 5.74) is 0.963. The Balaban J connectivity index is 1.94. The van der Waals surface area contributed by atoms with Crippen LogP contribution in [0.5, 0.6) is 0 Å².